The number of fused-ring (bicyclic) bond motifs is 1. The zero-order chi connectivity index (χ0) is 21.3. The molecule has 3 aromatic carbocycles. The third kappa shape index (κ3) is 3.87. The normalized spacial score (nSPS) is 11.5. The second-order valence-corrected chi connectivity index (χ2v) is 6.44. The molecule has 0 fully saturated rings. The molecule has 0 aliphatic heterocycles. The van der Waals surface area contributed by atoms with Gasteiger partial charge in [-0.1, -0.05) is 42.5 Å². The monoisotopic (exact) mass is 412 g/mol. The summed E-state index contributed by atoms with van der Waals surface area (Å²) >= 11 is 0. The number of hydrogen-bond donors (Lipinski definition) is 0. The highest BCUT2D eigenvalue weighted by molar-refractivity contribution is 6.01. The Hall–Kier alpha value is -3.74. The first-order valence-corrected chi connectivity index (χ1v) is 8.92. The third-order valence-electron chi connectivity index (χ3n) is 4.57. The van der Waals surface area contributed by atoms with Crippen molar-refractivity contribution in [2.24, 2.45) is 0 Å². The average molecular weight is 412 g/mol. The Morgan fingerprint density at radius 1 is 0.767 bits per heavy atom. The van der Waals surface area contributed by atoms with E-state index >= 15 is 0 Å². The van der Waals surface area contributed by atoms with Gasteiger partial charge in [-0.15, -0.1) is 13.2 Å². The molecule has 0 bridgehead atoms. The lowest BCUT2D eigenvalue weighted by molar-refractivity contribution is -0.274. The summed E-state index contributed by atoms with van der Waals surface area (Å²) in [5.74, 6) is 0.281. The van der Waals surface area contributed by atoms with E-state index < -0.39 is 12.0 Å². The molecule has 0 spiro atoms. The second-order valence-electron chi connectivity index (χ2n) is 6.44. The molecule has 0 saturated carbocycles. The van der Waals surface area contributed by atoms with Gasteiger partial charge in [0.1, 0.15) is 17.1 Å². The van der Waals surface area contributed by atoms with Gasteiger partial charge in [0, 0.05) is 10.9 Å². The molecule has 1 heterocycles. The molecule has 0 amide bonds. The van der Waals surface area contributed by atoms with E-state index in [1.165, 1.54) is 12.1 Å². The number of para-hydroxylation sites is 1. The van der Waals surface area contributed by atoms with Gasteiger partial charge in [0.2, 0.25) is 0 Å². The van der Waals surface area contributed by atoms with Crippen molar-refractivity contribution in [3.63, 3.8) is 0 Å². The van der Waals surface area contributed by atoms with Crippen molar-refractivity contribution >= 4 is 11.0 Å². The van der Waals surface area contributed by atoms with Gasteiger partial charge in [0.15, 0.2) is 0 Å². The summed E-state index contributed by atoms with van der Waals surface area (Å²) in [5.41, 5.74) is 1.84. The number of hydrogen-bond acceptors (Lipinski definition) is 4. The van der Waals surface area contributed by atoms with Crippen LogP contribution in [-0.2, 0) is 0 Å². The van der Waals surface area contributed by atoms with Crippen LogP contribution in [-0.4, -0.2) is 13.5 Å². The summed E-state index contributed by atoms with van der Waals surface area (Å²) in [6.07, 6.45) is -4.79. The third-order valence-corrected chi connectivity index (χ3v) is 4.57. The van der Waals surface area contributed by atoms with Crippen LogP contribution in [0, 0.1) is 0 Å². The quantitative estimate of drug-likeness (QED) is 0.384. The Labute approximate surface area is 169 Å². The molecule has 4 nitrogen and oxygen atoms in total. The molecular formula is C23H15F3O4. The summed E-state index contributed by atoms with van der Waals surface area (Å²) in [6, 6.07) is 19.4. The molecule has 30 heavy (non-hydrogen) atoms. The maximum absolute atomic E-state index is 12.9. The Morgan fingerprint density at radius 2 is 1.33 bits per heavy atom. The van der Waals surface area contributed by atoms with Crippen LogP contribution in [0.2, 0.25) is 0 Å². The molecule has 0 unspecified atom stereocenters. The predicted molar refractivity (Wildman–Crippen MR) is 107 cm³/mol. The highest BCUT2D eigenvalue weighted by Gasteiger charge is 2.31. The van der Waals surface area contributed by atoms with Crippen molar-refractivity contribution in [3.05, 3.63) is 83.2 Å². The Kier molecular flexibility index (Phi) is 4.95. The largest absolute Gasteiger partial charge is 0.573 e. The molecule has 0 aliphatic carbocycles. The summed E-state index contributed by atoms with van der Waals surface area (Å²) in [4.78, 5) is 12.9. The number of rotatable bonds is 4. The molecule has 0 radical (unpaired) electrons. The predicted octanol–water partition coefficient (Wildman–Crippen LogP) is 6.03. The molecule has 0 N–H and O–H groups in total. The molecular weight excluding hydrogens is 397 g/mol. The molecule has 7 heteroatoms. The number of halogens is 3. The molecule has 4 aromatic rings. The average Bonchev–Trinajstić information content (AvgIpc) is 2.72. The molecule has 0 aliphatic rings. The maximum Gasteiger partial charge on any atom is 0.573 e. The van der Waals surface area contributed by atoms with Crippen LogP contribution in [0.4, 0.5) is 13.2 Å². The fourth-order valence-electron chi connectivity index (χ4n) is 3.29. The lowest BCUT2D eigenvalue weighted by Gasteiger charge is -2.14. The van der Waals surface area contributed by atoms with Crippen molar-refractivity contribution in [1.29, 1.82) is 0 Å². The van der Waals surface area contributed by atoms with Crippen LogP contribution in [0.3, 0.4) is 0 Å². The molecule has 0 saturated heterocycles. The van der Waals surface area contributed by atoms with Gasteiger partial charge >= 0.3 is 12.0 Å². The van der Waals surface area contributed by atoms with Crippen molar-refractivity contribution in [3.8, 4) is 33.8 Å². The summed E-state index contributed by atoms with van der Waals surface area (Å²) in [5, 5.41) is 0.702. The van der Waals surface area contributed by atoms with E-state index in [0.717, 1.165) is 17.7 Å². The van der Waals surface area contributed by atoms with E-state index in [1.54, 1.807) is 31.4 Å². The summed E-state index contributed by atoms with van der Waals surface area (Å²) in [6.45, 7) is 0. The first-order valence-electron chi connectivity index (χ1n) is 8.92. The first kappa shape index (κ1) is 19.6. The lowest BCUT2D eigenvalue weighted by atomic mass is 9.93. The van der Waals surface area contributed by atoms with Crippen LogP contribution in [0.15, 0.2) is 82.0 Å². The minimum Gasteiger partial charge on any atom is -0.497 e. The van der Waals surface area contributed by atoms with Crippen LogP contribution in [0.25, 0.3) is 33.2 Å². The minimum absolute atomic E-state index is 0.248. The maximum atomic E-state index is 12.9. The van der Waals surface area contributed by atoms with Gasteiger partial charge in [0.25, 0.3) is 0 Å². The Balaban J connectivity index is 1.93. The van der Waals surface area contributed by atoms with Gasteiger partial charge in [-0.3, -0.25) is 0 Å². The Morgan fingerprint density at radius 3 is 1.93 bits per heavy atom. The van der Waals surface area contributed by atoms with Gasteiger partial charge in [0.05, 0.1) is 12.7 Å². The molecule has 4 rings (SSSR count). The fourth-order valence-corrected chi connectivity index (χ4v) is 3.29. The number of alkyl halides is 3. The highest BCUT2D eigenvalue weighted by atomic mass is 19.4. The van der Waals surface area contributed by atoms with Crippen molar-refractivity contribution in [2.45, 2.75) is 6.36 Å². The minimum atomic E-state index is -4.79. The second kappa shape index (κ2) is 7.59. The number of benzene rings is 3. The van der Waals surface area contributed by atoms with E-state index in [-0.39, 0.29) is 11.3 Å². The van der Waals surface area contributed by atoms with E-state index in [0.29, 0.717) is 27.8 Å². The smallest absolute Gasteiger partial charge is 0.497 e. The lowest BCUT2D eigenvalue weighted by Crippen LogP contribution is -2.17. The van der Waals surface area contributed by atoms with E-state index in [2.05, 4.69) is 4.74 Å². The van der Waals surface area contributed by atoms with Gasteiger partial charge in [-0.05, 0) is 41.5 Å². The van der Waals surface area contributed by atoms with Crippen molar-refractivity contribution < 1.29 is 27.1 Å². The fraction of sp³-hybridized carbons (Fsp3) is 0.0870. The molecule has 0 atom stereocenters. The van der Waals surface area contributed by atoms with Gasteiger partial charge < -0.3 is 13.9 Å². The van der Waals surface area contributed by atoms with Crippen LogP contribution in [0.5, 0.6) is 11.5 Å². The SMILES string of the molecule is COc1ccc(-c2c(-c3ccc(OC(F)(F)F)cc3)c(=O)oc3ccccc23)cc1. The topological polar surface area (TPSA) is 48.7 Å². The van der Waals surface area contributed by atoms with E-state index in [1.807, 2.05) is 24.3 Å². The summed E-state index contributed by atoms with van der Waals surface area (Å²) in [7, 11) is 1.55. The highest BCUT2D eigenvalue weighted by Crippen LogP contribution is 2.37. The molecule has 152 valence electrons. The number of methoxy groups -OCH3 is 1. The molecule has 1 aromatic heterocycles. The van der Waals surface area contributed by atoms with Crippen molar-refractivity contribution in [2.75, 3.05) is 7.11 Å². The standard InChI is InChI=1S/C23H15F3O4/c1-28-16-10-6-14(7-11-16)20-18-4-2-3-5-19(18)29-22(27)21(20)15-8-12-17(13-9-15)30-23(24,25)26/h2-13H,1H3. The van der Waals surface area contributed by atoms with Gasteiger partial charge in [-0.25, -0.2) is 4.79 Å². The van der Waals surface area contributed by atoms with Crippen LogP contribution in [0.1, 0.15) is 0 Å². The zero-order valence-electron chi connectivity index (χ0n) is 15.7. The zero-order valence-corrected chi connectivity index (χ0v) is 15.7. The van der Waals surface area contributed by atoms with E-state index in [9.17, 15) is 18.0 Å². The summed E-state index contributed by atoms with van der Waals surface area (Å²) < 4.78 is 51.9. The van der Waals surface area contributed by atoms with E-state index in [4.69, 9.17) is 9.15 Å². The number of ether oxygens (including phenoxy) is 2. The van der Waals surface area contributed by atoms with Crippen LogP contribution < -0.4 is 15.1 Å². The van der Waals surface area contributed by atoms with Gasteiger partial charge in [-0.2, -0.15) is 0 Å². The Bertz CT molecular complexity index is 1240. The van der Waals surface area contributed by atoms with Crippen LogP contribution >= 0.6 is 0 Å². The first-order chi connectivity index (χ1) is 14.4. The van der Waals surface area contributed by atoms with Crippen molar-refractivity contribution in [1.82, 2.24) is 0 Å².